The number of allylic oxidation sites excluding steroid dienone is 1. The number of methoxy groups -OCH3 is 1. The van der Waals surface area contributed by atoms with Crippen molar-refractivity contribution in [3.05, 3.63) is 64.7 Å². The summed E-state index contributed by atoms with van der Waals surface area (Å²) >= 11 is 11.1. The van der Waals surface area contributed by atoms with Crippen LogP contribution < -0.4 is 9.47 Å². The van der Waals surface area contributed by atoms with Crippen molar-refractivity contribution in [2.24, 2.45) is 0 Å². The van der Waals surface area contributed by atoms with E-state index in [1.165, 1.54) is 6.08 Å². The van der Waals surface area contributed by atoms with Crippen molar-refractivity contribution in [2.45, 2.75) is 6.61 Å². The van der Waals surface area contributed by atoms with E-state index in [4.69, 9.17) is 32.7 Å². The van der Waals surface area contributed by atoms with Gasteiger partial charge in [0.1, 0.15) is 6.61 Å². The average molecular weight is 337 g/mol. The molecule has 0 aromatic heterocycles. The van der Waals surface area contributed by atoms with Crippen LogP contribution in [0, 0.1) is 0 Å². The minimum Gasteiger partial charge on any atom is -0.493 e. The standard InChI is InChI=1S/C17H14Cl2O3/c1-21-15-8-4-12(5-9-17(19)20)10-16(15)22-11-13-2-6-14(18)7-3-13/h2-10H,11H2,1H3. The maximum atomic E-state index is 10.8. The predicted molar refractivity (Wildman–Crippen MR) is 88.7 cm³/mol. The van der Waals surface area contributed by atoms with Gasteiger partial charge in [-0.05, 0) is 53.1 Å². The highest BCUT2D eigenvalue weighted by Gasteiger charge is 2.05. The number of hydrogen-bond acceptors (Lipinski definition) is 3. The van der Waals surface area contributed by atoms with Crippen LogP contribution in [-0.2, 0) is 11.4 Å². The van der Waals surface area contributed by atoms with Crippen LogP contribution in [-0.4, -0.2) is 12.4 Å². The van der Waals surface area contributed by atoms with Gasteiger partial charge in [-0.1, -0.05) is 35.9 Å². The molecule has 2 aromatic carbocycles. The summed E-state index contributed by atoms with van der Waals surface area (Å²) in [5, 5.41) is 0.152. The summed E-state index contributed by atoms with van der Waals surface area (Å²) < 4.78 is 11.1. The molecule has 0 radical (unpaired) electrons. The first-order chi connectivity index (χ1) is 10.6. The molecule has 0 aliphatic rings. The van der Waals surface area contributed by atoms with Gasteiger partial charge in [0, 0.05) is 5.02 Å². The molecule has 0 spiro atoms. The van der Waals surface area contributed by atoms with Crippen molar-refractivity contribution in [2.75, 3.05) is 7.11 Å². The van der Waals surface area contributed by atoms with Gasteiger partial charge in [-0.25, -0.2) is 0 Å². The zero-order valence-electron chi connectivity index (χ0n) is 11.9. The lowest BCUT2D eigenvalue weighted by Crippen LogP contribution is -1.98. The summed E-state index contributed by atoms with van der Waals surface area (Å²) in [6.45, 7) is 0.384. The number of hydrogen-bond donors (Lipinski definition) is 0. The quantitative estimate of drug-likeness (QED) is 0.566. The van der Waals surface area contributed by atoms with Gasteiger partial charge < -0.3 is 9.47 Å². The van der Waals surface area contributed by atoms with Crippen molar-refractivity contribution < 1.29 is 14.3 Å². The average Bonchev–Trinajstić information content (AvgIpc) is 2.52. The van der Waals surface area contributed by atoms with Gasteiger partial charge in [0.2, 0.25) is 5.24 Å². The van der Waals surface area contributed by atoms with Gasteiger partial charge in [0.15, 0.2) is 11.5 Å². The van der Waals surface area contributed by atoms with E-state index in [9.17, 15) is 4.79 Å². The molecule has 0 atom stereocenters. The first-order valence-corrected chi connectivity index (χ1v) is 7.27. The van der Waals surface area contributed by atoms with Crippen molar-refractivity contribution in [1.82, 2.24) is 0 Å². The highest BCUT2D eigenvalue weighted by molar-refractivity contribution is 6.66. The smallest absolute Gasteiger partial charge is 0.245 e. The van der Waals surface area contributed by atoms with Crippen LogP contribution in [0.4, 0.5) is 0 Å². The van der Waals surface area contributed by atoms with E-state index in [2.05, 4.69) is 0 Å². The van der Waals surface area contributed by atoms with Crippen LogP contribution in [0.2, 0.25) is 5.02 Å². The molecule has 0 heterocycles. The van der Waals surface area contributed by atoms with E-state index < -0.39 is 5.24 Å². The van der Waals surface area contributed by atoms with Crippen molar-refractivity contribution in [1.29, 1.82) is 0 Å². The lowest BCUT2D eigenvalue weighted by atomic mass is 10.2. The molecular weight excluding hydrogens is 323 g/mol. The summed E-state index contributed by atoms with van der Waals surface area (Å²) in [5.41, 5.74) is 1.78. The molecule has 5 heteroatoms. The highest BCUT2D eigenvalue weighted by atomic mass is 35.5. The third kappa shape index (κ3) is 4.79. The molecule has 0 saturated heterocycles. The van der Waals surface area contributed by atoms with E-state index >= 15 is 0 Å². The second-order valence-electron chi connectivity index (χ2n) is 4.46. The van der Waals surface area contributed by atoms with Crippen molar-refractivity contribution in [3.8, 4) is 11.5 Å². The minimum absolute atomic E-state index is 0.384. The zero-order valence-corrected chi connectivity index (χ0v) is 13.4. The number of rotatable bonds is 6. The maximum Gasteiger partial charge on any atom is 0.245 e. The third-order valence-corrected chi connectivity index (χ3v) is 3.28. The Morgan fingerprint density at radius 3 is 2.50 bits per heavy atom. The molecule has 0 amide bonds. The van der Waals surface area contributed by atoms with Crippen LogP contribution in [0.3, 0.4) is 0 Å². The van der Waals surface area contributed by atoms with Crippen LogP contribution in [0.25, 0.3) is 6.08 Å². The normalized spacial score (nSPS) is 10.7. The molecule has 0 unspecified atom stereocenters. The van der Waals surface area contributed by atoms with E-state index in [0.29, 0.717) is 23.1 Å². The summed E-state index contributed by atoms with van der Waals surface area (Å²) in [6.07, 6.45) is 2.90. The van der Waals surface area contributed by atoms with E-state index in [0.717, 1.165) is 11.1 Å². The summed E-state index contributed by atoms with van der Waals surface area (Å²) in [5.74, 6) is 1.20. The van der Waals surface area contributed by atoms with E-state index in [1.54, 1.807) is 25.3 Å². The van der Waals surface area contributed by atoms with Gasteiger partial charge in [0.25, 0.3) is 0 Å². The molecule has 0 aliphatic heterocycles. The summed E-state index contributed by atoms with van der Waals surface area (Å²) in [7, 11) is 1.57. The fraction of sp³-hybridized carbons (Fsp3) is 0.118. The number of carbonyl (C=O) groups excluding carboxylic acids is 1. The Labute approximate surface area is 139 Å². The Kier molecular flexibility index (Phi) is 5.87. The Hall–Kier alpha value is -1.97. The first kappa shape index (κ1) is 16.4. The molecule has 22 heavy (non-hydrogen) atoms. The number of carbonyl (C=O) groups is 1. The number of halogens is 2. The molecule has 0 saturated carbocycles. The van der Waals surface area contributed by atoms with Crippen molar-refractivity contribution in [3.63, 3.8) is 0 Å². The molecule has 2 rings (SSSR count). The van der Waals surface area contributed by atoms with Crippen LogP contribution in [0.15, 0.2) is 48.5 Å². The Morgan fingerprint density at radius 2 is 1.86 bits per heavy atom. The Morgan fingerprint density at radius 1 is 1.14 bits per heavy atom. The molecule has 0 N–H and O–H groups in total. The highest BCUT2D eigenvalue weighted by Crippen LogP contribution is 2.29. The lowest BCUT2D eigenvalue weighted by Gasteiger charge is -2.11. The van der Waals surface area contributed by atoms with Gasteiger partial charge in [0.05, 0.1) is 7.11 Å². The molecule has 114 valence electrons. The molecule has 0 bridgehead atoms. The third-order valence-electron chi connectivity index (χ3n) is 2.90. The van der Waals surface area contributed by atoms with Crippen LogP contribution in [0.5, 0.6) is 11.5 Å². The van der Waals surface area contributed by atoms with E-state index in [1.807, 2.05) is 30.3 Å². The minimum atomic E-state index is -0.528. The maximum absolute atomic E-state index is 10.8. The fourth-order valence-electron chi connectivity index (χ4n) is 1.81. The Bertz CT molecular complexity index is 679. The molecular formula is C17H14Cl2O3. The molecule has 0 aliphatic carbocycles. The Balaban J connectivity index is 2.15. The van der Waals surface area contributed by atoms with Gasteiger partial charge in [-0.2, -0.15) is 0 Å². The number of benzene rings is 2. The topological polar surface area (TPSA) is 35.5 Å². The summed E-state index contributed by atoms with van der Waals surface area (Å²) in [4.78, 5) is 10.8. The van der Waals surface area contributed by atoms with Crippen LogP contribution in [0.1, 0.15) is 11.1 Å². The molecule has 2 aromatic rings. The van der Waals surface area contributed by atoms with Crippen LogP contribution >= 0.6 is 23.2 Å². The SMILES string of the molecule is COc1ccc(C=CC(=O)Cl)cc1OCc1ccc(Cl)cc1. The molecule has 0 fully saturated rings. The van der Waals surface area contributed by atoms with Crippen molar-refractivity contribution >= 4 is 34.5 Å². The fourth-order valence-corrected chi connectivity index (χ4v) is 2.00. The summed E-state index contributed by atoms with van der Waals surface area (Å²) in [6, 6.07) is 12.8. The number of ether oxygens (including phenoxy) is 2. The predicted octanol–water partition coefficient (Wildman–Crippen LogP) is 4.71. The van der Waals surface area contributed by atoms with Gasteiger partial charge in [-0.3, -0.25) is 4.79 Å². The monoisotopic (exact) mass is 336 g/mol. The first-order valence-electron chi connectivity index (χ1n) is 6.51. The second-order valence-corrected chi connectivity index (χ2v) is 5.27. The second kappa shape index (κ2) is 7.87. The molecule has 3 nitrogen and oxygen atoms in total. The van der Waals surface area contributed by atoms with Gasteiger partial charge >= 0.3 is 0 Å². The van der Waals surface area contributed by atoms with Gasteiger partial charge in [-0.15, -0.1) is 0 Å². The van der Waals surface area contributed by atoms with E-state index in [-0.39, 0.29) is 0 Å². The largest absolute Gasteiger partial charge is 0.493 e. The zero-order chi connectivity index (χ0) is 15.9. The lowest BCUT2D eigenvalue weighted by molar-refractivity contribution is -0.107.